The van der Waals surface area contributed by atoms with Crippen molar-refractivity contribution in [1.82, 2.24) is 14.9 Å². The van der Waals surface area contributed by atoms with Crippen molar-refractivity contribution in [3.05, 3.63) is 11.9 Å². The van der Waals surface area contributed by atoms with Crippen LogP contribution in [0.5, 0.6) is 0 Å². The van der Waals surface area contributed by atoms with E-state index in [0.29, 0.717) is 19.1 Å². The van der Waals surface area contributed by atoms with Gasteiger partial charge in [-0.25, -0.2) is 9.97 Å². The minimum Gasteiger partial charge on any atom is -0.374 e. The zero-order valence-corrected chi connectivity index (χ0v) is 13.6. The van der Waals surface area contributed by atoms with E-state index < -0.39 is 0 Å². The molecule has 0 saturated carbocycles. The fourth-order valence-electron chi connectivity index (χ4n) is 2.72. The Balaban J connectivity index is 2.05. The third-order valence-corrected chi connectivity index (χ3v) is 3.86. The molecule has 1 aromatic heterocycles. The van der Waals surface area contributed by atoms with Crippen LogP contribution < -0.4 is 10.2 Å². The maximum atomic E-state index is 5.42. The van der Waals surface area contributed by atoms with Crippen LogP contribution in [-0.4, -0.2) is 62.3 Å². The van der Waals surface area contributed by atoms with Crippen molar-refractivity contribution in [2.75, 3.05) is 57.6 Å². The van der Waals surface area contributed by atoms with E-state index in [1.165, 1.54) is 19.5 Å². The summed E-state index contributed by atoms with van der Waals surface area (Å²) >= 11 is 0. The molecule has 2 heterocycles. The SMILES string of the molecule is CCOCc1nc(NC)cc(N(C)CC2CCN(C)C2)n1. The first-order chi connectivity index (χ1) is 10.1. The highest BCUT2D eigenvalue weighted by Crippen LogP contribution is 2.20. The standard InChI is InChI=1S/C15H27N5O/c1-5-21-11-14-17-13(16-2)8-15(18-14)20(4)10-12-6-7-19(3)9-12/h8,12H,5-7,9-11H2,1-4H3,(H,16,17,18). The summed E-state index contributed by atoms with van der Waals surface area (Å²) in [6, 6.07) is 1.99. The number of hydrogen-bond donors (Lipinski definition) is 1. The molecule has 1 saturated heterocycles. The van der Waals surface area contributed by atoms with Crippen LogP contribution in [0.25, 0.3) is 0 Å². The highest BCUT2D eigenvalue weighted by molar-refractivity contribution is 5.48. The Morgan fingerprint density at radius 2 is 2.29 bits per heavy atom. The Morgan fingerprint density at radius 1 is 1.48 bits per heavy atom. The maximum absolute atomic E-state index is 5.42. The van der Waals surface area contributed by atoms with Gasteiger partial charge in [-0.15, -0.1) is 0 Å². The first-order valence-electron chi connectivity index (χ1n) is 7.65. The predicted octanol–water partition coefficient (Wildman–Crippen LogP) is 1.44. The summed E-state index contributed by atoms with van der Waals surface area (Å²) in [5.74, 6) is 3.24. The molecule has 118 valence electrons. The smallest absolute Gasteiger partial charge is 0.158 e. The fraction of sp³-hybridized carbons (Fsp3) is 0.733. The van der Waals surface area contributed by atoms with Gasteiger partial charge in [0.1, 0.15) is 18.2 Å². The molecular weight excluding hydrogens is 266 g/mol. The molecule has 6 nitrogen and oxygen atoms in total. The van der Waals surface area contributed by atoms with Crippen molar-refractivity contribution in [2.45, 2.75) is 20.0 Å². The normalized spacial score (nSPS) is 19.0. The topological polar surface area (TPSA) is 53.5 Å². The monoisotopic (exact) mass is 293 g/mol. The largest absolute Gasteiger partial charge is 0.374 e. The fourth-order valence-corrected chi connectivity index (χ4v) is 2.72. The van der Waals surface area contributed by atoms with Gasteiger partial charge in [0.25, 0.3) is 0 Å². The minimum atomic E-state index is 0.457. The Kier molecular flexibility index (Phi) is 5.76. The molecule has 0 amide bonds. The molecule has 1 N–H and O–H groups in total. The molecule has 21 heavy (non-hydrogen) atoms. The van der Waals surface area contributed by atoms with Crippen LogP contribution in [0.2, 0.25) is 0 Å². The number of hydrogen-bond acceptors (Lipinski definition) is 6. The predicted molar refractivity (Wildman–Crippen MR) is 85.8 cm³/mol. The lowest BCUT2D eigenvalue weighted by molar-refractivity contribution is 0.128. The van der Waals surface area contributed by atoms with Crippen LogP contribution in [0.3, 0.4) is 0 Å². The van der Waals surface area contributed by atoms with Crippen molar-refractivity contribution in [3.63, 3.8) is 0 Å². The molecule has 1 aliphatic rings. The number of nitrogens with one attached hydrogen (secondary N) is 1. The molecular formula is C15H27N5O. The van der Waals surface area contributed by atoms with Crippen molar-refractivity contribution in [3.8, 4) is 0 Å². The summed E-state index contributed by atoms with van der Waals surface area (Å²) in [6.07, 6.45) is 1.26. The van der Waals surface area contributed by atoms with Gasteiger partial charge in [-0.3, -0.25) is 0 Å². The van der Waals surface area contributed by atoms with Crippen molar-refractivity contribution in [1.29, 1.82) is 0 Å². The first kappa shape index (κ1) is 16.0. The summed E-state index contributed by atoms with van der Waals surface area (Å²) in [7, 11) is 6.16. The van der Waals surface area contributed by atoms with E-state index in [2.05, 4.69) is 39.2 Å². The molecule has 0 aliphatic carbocycles. The van der Waals surface area contributed by atoms with Crippen LogP contribution in [0.15, 0.2) is 6.07 Å². The molecule has 1 aliphatic heterocycles. The molecule has 0 radical (unpaired) electrons. The summed E-state index contributed by atoms with van der Waals surface area (Å²) in [4.78, 5) is 13.7. The first-order valence-corrected chi connectivity index (χ1v) is 7.65. The van der Waals surface area contributed by atoms with Crippen LogP contribution in [0, 0.1) is 5.92 Å². The minimum absolute atomic E-state index is 0.457. The van der Waals surface area contributed by atoms with Crippen molar-refractivity contribution < 1.29 is 4.74 Å². The summed E-state index contributed by atoms with van der Waals surface area (Å²) in [6.45, 7) is 6.50. The number of ether oxygens (including phenoxy) is 1. The molecule has 1 aromatic rings. The number of nitrogens with zero attached hydrogens (tertiary/aromatic N) is 4. The van der Waals surface area contributed by atoms with E-state index in [0.717, 1.165) is 24.0 Å². The van der Waals surface area contributed by atoms with Gasteiger partial charge in [-0.05, 0) is 32.9 Å². The molecule has 1 fully saturated rings. The zero-order chi connectivity index (χ0) is 15.2. The van der Waals surface area contributed by atoms with E-state index in [4.69, 9.17) is 4.74 Å². The lowest BCUT2D eigenvalue weighted by Crippen LogP contribution is -2.28. The summed E-state index contributed by atoms with van der Waals surface area (Å²) in [5.41, 5.74) is 0. The van der Waals surface area contributed by atoms with Gasteiger partial charge in [0, 0.05) is 39.9 Å². The molecule has 0 spiro atoms. The Bertz CT molecular complexity index is 454. The quantitative estimate of drug-likeness (QED) is 0.821. The van der Waals surface area contributed by atoms with Crippen molar-refractivity contribution >= 4 is 11.6 Å². The van der Waals surface area contributed by atoms with Gasteiger partial charge in [-0.1, -0.05) is 0 Å². The van der Waals surface area contributed by atoms with Crippen LogP contribution >= 0.6 is 0 Å². The third-order valence-electron chi connectivity index (χ3n) is 3.86. The van der Waals surface area contributed by atoms with Crippen LogP contribution in [0.4, 0.5) is 11.6 Å². The van der Waals surface area contributed by atoms with Gasteiger partial charge in [0.2, 0.25) is 0 Å². The molecule has 6 heteroatoms. The third kappa shape index (κ3) is 4.54. The highest BCUT2D eigenvalue weighted by Gasteiger charge is 2.21. The Morgan fingerprint density at radius 3 is 2.90 bits per heavy atom. The van der Waals surface area contributed by atoms with Gasteiger partial charge in [0.15, 0.2) is 5.82 Å². The van der Waals surface area contributed by atoms with Crippen LogP contribution in [-0.2, 0) is 11.3 Å². The Hall–Kier alpha value is -1.40. The summed E-state index contributed by atoms with van der Waals surface area (Å²) in [5, 5.41) is 3.10. The Labute approximate surface area is 127 Å². The second kappa shape index (κ2) is 7.56. The van der Waals surface area contributed by atoms with Gasteiger partial charge >= 0.3 is 0 Å². The van der Waals surface area contributed by atoms with E-state index >= 15 is 0 Å². The van der Waals surface area contributed by atoms with Crippen LogP contribution in [0.1, 0.15) is 19.2 Å². The average molecular weight is 293 g/mol. The molecule has 1 unspecified atom stereocenters. The number of aromatic nitrogens is 2. The second-order valence-corrected chi connectivity index (χ2v) is 5.71. The maximum Gasteiger partial charge on any atom is 0.158 e. The second-order valence-electron chi connectivity index (χ2n) is 5.71. The number of likely N-dealkylation sites (tertiary alicyclic amines) is 1. The molecule has 2 rings (SSSR count). The molecule has 0 aromatic carbocycles. The molecule has 0 bridgehead atoms. The lowest BCUT2D eigenvalue weighted by atomic mass is 10.1. The van der Waals surface area contributed by atoms with E-state index in [-0.39, 0.29) is 0 Å². The summed E-state index contributed by atoms with van der Waals surface area (Å²) < 4.78 is 5.42. The van der Waals surface area contributed by atoms with Gasteiger partial charge in [0.05, 0.1) is 0 Å². The average Bonchev–Trinajstić information content (AvgIpc) is 2.89. The number of anilines is 2. The lowest BCUT2D eigenvalue weighted by Gasteiger charge is -2.23. The highest BCUT2D eigenvalue weighted by atomic mass is 16.5. The van der Waals surface area contributed by atoms with E-state index in [1.807, 2.05) is 20.0 Å². The van der Waals surface area contributed by atoms with E-state index in [1.54, 1.807) is 0 Å². The molecule has 1 atom stereocenters. The van der Waals surface area contributed by atoms with Crippen molar-refractivity contribution in [2.24, 2.45) is 5.92 Å². The van der Waals surface area contributed by atoms with E-state index in [9.17, 15) is 0 Å². The van der Waals surface area contributed by atoms with Gasteiger partial charge < -0.3 is 19.9 Å². The zero-order valence-electron chi connectivity index (χ0n) is 13.6. The van der Waals surface area contributed by atoms with Gasteiger partial charge in [-0.2, -0.15) is 0 Å². The number of rotatable bonds is 7.